The Hall–Kier alpha value is -2.66. The Balaban J connectivity index is 1.48. The molecule has 2 rings (SSSR count). The molecule has 1 amide bonds. The van der Waals surface area contributed by atoms with Gasteiger partial charge in [0.2, 0.25) is 0 Å². The number of carbonyl (C=O) groups is 1. The van der Waals surface area contributed by atoms with E-state index in [1.54, 1.807) is 26.8 Å². The summed E-state index contributed by atoms with van der Waals surface area (Å²) in [5.41, 5.74) is -3.06. The van der Waals surface area contributed by atoms with Gasteiger partial charge in [0, 0.05) is 5.56 Å². The number of nitrogens with one attached hydrogen (secondary N) is 1. The first-order chi connectivity index (χ1) is 17.9. The van der Waals surface area contributed by atoms with Crippen molar-refractivity contribution < 1.29 is 37.7 Å². The molecule has 8 nitrogen and oxygen atoms in total. The molecule has 1 aromatic carbocycles. The third kappa shape index (κ3) is 10.6. The van der Waals surface area contributed by atoms with E-state index in [9.17, 15) is 28.2 Å². The summed E-state index contributed by atoms with van der Waals surface area (Å²) < 4.78 is 49.8. The summed E-state index contributed by atoms with van der Waals surface area (Å²) in [6.45, 7) is 5.30. The van der Waals surface area contributed by atoms with Crippen molar-refractivity contribution in [3.63, 3.8) is 0 Å². The average molecular weight is 544 g/mol. The van der Waals surface area contributed by atoms with Crippen LogP contribution in [0.15, 0.2) is 46.6 Å². The summed E-state index contributed by atoms with van der Waals surface area (Å²) in [4.78, 5) is 11.8. The van der Waals surface area contributed by atoms with Crippen molar-refractivity contribution in [1.82, 2.24) is 5.32 Å². The summed E-state index contributed by atoms with van der Waals surface area (Å²) >= 11 is 0. The lowest BCUT2D eigenvalue weighted by atomic mass is 10.0. The highest BCUT2D eigenvalue weighted by Crippen LogP contribution is 2.52. The number of benzene rings is 1. The highest BCUT2D eigenvalue weighted by Gasteiger charge is 2.65. The van der Waals surface area contributed by atoms with Crippen LogP contribution in [0.1, 0.15) is 77.7 Å². The predicted octanol–water partition coefficient (Wildman–Crippen LogP) is 6.17. The Bertz CT molecular complexity index is 908. The average Bonchev–Trinajstić information content (AvgIpc) is 3.65. The first-order valence-corrected chi connectivity index (χ1v) is 13.1. The number of amides is 1. The molecule has 0 bridgehead atoms. The molecule has 0 spiro atoms. The molecule has 11 heteroatoms. The molecule has 38 heavy (non-hydrogen) atoms. The van der Waals surface area contributed by atoms with Crippen molar-refractivity contribution in [3.05, 3.63) is 42.0 Å². The number of hydrogen-bond donors (Lipinski definition) is 3. The number of nitrogens with zero attached hydrogens (tertiary/aromatic N) is 2. The van der Waals surface area contributed by atoms with Gasteiger partial charge in [-0.1, -0.05) is 56.4 Å². The number of allylic oxidation sites excluding steroid dienone is 1. The largest absolute Gasteiger partial charge is 0.494 e. The molecule has 3 N–H and O–H groups in total. The van der Waals surface area contributed by atoms with Crippen molar-refractivity contribution in [2.24, 2.45) is 10.2 Å². The quantitative estimate of drug-likeness (QED) is 0.171. The minimum atomic E-state index is -4.53. The molecule has 1 aliphatic heterocycles. The van der Waals surface area contributed by atoms with Gasteiger partial charge in [0.05, 0.1) is 25.4 Å². The van der Waals surface area contributed by atoms with E-state index in [-0.39, 0.29) is 5.56 Å². The molecule has 0 aliphatic carbocycles. The SMILES string of the molecule is CC(C)(C)OC(=O)N[C@@H](CO)[C@H](O)/C=C/CCCCCCCCCOc1ccc(C2(C(F)(F)F)N=N2)cc1. The van der Waals surface area contributed by atoms with E-state index >= 15 is 0 Å². The Kier molecular flexibility index (Phi) is 12.0. The van der Waals surface area contributed by atoms with Gasteiger partial charge < -0.3 is 25.0 Å². The zero-order valence-corrected chi connectivity index (χ0v) is 22.3. The monoisotopic (exact) mass is 543 g/mol. The Morgan fingerprint density at radius 3 is 2.13 bits per heavy atom. The Labute approximate surface area is 222 Å². The first kappa shape index (κ1) is 31.6. The van der Waals surface area contributed by atoms with Crippen molar-refractivity contribution in [2.75, 3.05) is 13.2 Å². The zero-order chi connectivity index (χ0) is 28.2. The van der Waals surface area contributed by atoms with Gasteiger partial charge in [-0.25, -0.2) is 4.79 Å². The summed E-state index contributed by atoms with van der Waals surface area (Å²) in [6.07, 6.45) is 5.17. The predicted molar refractivity (Wildman–Crippen MR) is 137 cm³/mol. The lowest BCUT2D eigenvalue weighted by molar-refractivity contribution is -0.166. The van der Waals surface area contributed by atoms with Crippen LogP contribution in [0.25, 0.3) is 0 Å². The molecule has 0 unspecified atom stereocenters. The molecule has 0 saturated carbocycles. The summed E-state index contributed by atoms with van der Waals surface area (Å²) in [6, 6.07) is 4.90. The molecule has 0 radical (unpaired) electrons. The van der Waals surface area contributed by atoms with Gasteiger partial charge in [-0.2, -0.15) is 13.2 Å². The number of carbonyl (C=O) groups excluding carboxylic acids is 1. The van der Waals surface area contributed by atoms with Crippen LogP contribution in [0.4, 0.5) is 18.0 Å². The molecule has 2 atom stereocenters. The lowest BCUT2D eigenvalue weighted by Gasteiger charge is -2.24. The van der Waals surface area contributed by atoms with Crippen LogP contribution >= 0.6 is 0 Å². The standard InChI is InChI=1S/C27H40F3N3O5/c1-25(2,3)38-24(36)31-22(19-34)23(35)13-11-9-7-5-4-6-8-10-12-18-37-21-16-14-20(15-17-21)26(32-33-26)27(28,29)30/h11,13-17,22-23,34-35H,4-10,12,18-19H2,1-3H3,(H,31,36)/b13-11+/t22-,23+/m0/s1. The van der Waals surface area contributed by atoms with Crippen LogP contribution in [-0.2, 0) is 10.4 Å². The third-order valence-corrected chi connectivity index (χ3v) is 5.88. The van der Waals surface area contributed by atoms with Gasteiger partial charge in [0.25, 0.3) is 0 Å². The number of rotatable bonds is 16. The van der Waals surface area contributed by atoms with E-state index in [1.165, 1.54) is 24.3 Å². The number of alkyl halides is 3. The molecular weight excluding hydrogens is 503 g/mol. The second kappa shape index (κ2) is 14.5. The number of halogens is 3. The van der Waals surface area contributed by atoms with Gasteiger partial charge in [0.15, 0.2) is 0 Å². The van der Waals surface area contributed by atoms with Crippen molar-refractivity contribution in [2.45, 2.75) is 102 Å². The topological polar surface area (TPSA) is 113 Å². The van der Waals surface area contributed by atoms with Crippen molar-refractivity contribution >= 4 is 6.09 Å². The van der Waals surface area contributed by atoms with Gasteiger partial charge >= 0.3 is 17.9 Å². The third-order valence-electron chi connectivity index (χ3n) is 5.88. The maximum absolute atomic E-state index is 13.0. The molecule has 0 fully saturated rings. The molecule has 214 valence electrons. The second-order valence-corrected chi connectivity index (χ2v) is 10.4. The fraction of sp³-hybridized carbons (Fsp3) is 0.667. The van der Waals surface area contributed by atoms with E-state index in [2.05, 4.69) is 15.5 Å². The fourth-order valence-corrected chi connectivity index (χ4v) is 3.73. The second-order valence-electron chi connectivity index (χ2n) is 10.4. The molecular formula is C27H40F3N3O5. The van der Waals surface area contributed by atoms with E-state index in [1.807, 2.05) is 6.08 Å². The number of aliphatic hydroxyl groups is 2. The van der Waals surface area contributed by atoms with Gasteiger partial charge in [-0.3, -0.25) is 0 Å². The summed E-state index contributed by atoms with van der Waals surface area (Å²) in [5, 5.41) is 28.5. The maximum atomic E-state index is 13.0. The number of hydrogen-bond acceptors (Lipinski definition) is 7. The van der Waals surface area contributed by atoms with Gasteiger partial charge in [0.1, 0.15) is 11.4 Å². The van der Waals surface area contributed by atoms with Gasteiger partial charge in [-0.05, 0) is 52.2 Å². The summed E-state index contributed by atoms with van der Waals surface area (Å²) in [5.74, 6) is 0.524. The molecule has 1 aromatic rings. The van der Waals surface area contributed by atoms with Crippen LogP contribution in [0.3, 0.4) is 0 Å². The van der Waals surface area contributed by atoms with Crippen LogP contribution < -0.4 is 10.1 Å². The fourth-order valence-electron chi connectivity index (χ4n) is 3.73. The zero-order valence-electron chi connectivity index (χ0n) is 22.3. The maximum Gasteiger partial charge on any atom is 0.442 e. The normalized spacial score (nSPS) is 16.3. The highest BCUT2D eigenvalue weighted by atomic mass is 19.4. The Morgan fingerprint density at radius 2 is 1.61 bits per heavy atom. The van der Waals surface area contributed by atoms with E-state index in [0.29, 0.717) is 12.4 Å². The van der Waals surface area contributed by atoms with Crippen molar-refractivity contribution in [3.8, 4) is 5.75 Å². The first-order valence-electron chi connectivity index (χ1n) is 13.1. The minimum Gasteiger partial charge on any atom is -0.494 e. The number of ether oxygens (including phenoxy) is 2. The van der Waals surface area contributed by atoms with Crippen LogP contribution in [0, 0.1) is 0 Å². The van der Waals surface area contributed by atoms with Crippen LogP contribution in [-0.4, -0.2) is 53.4 Å². The van der Waals surface area contributed by atoms with Crippen molar-refractivity contribution in [1.29, 1.82) is 0 Å². The molecule has 1 heterocycles. The van der Waals surface area contributed by atoms with Crippen LogP contribution in [0.2, 0.25) is 0 Å². The van der Waals surface area contributed by atoms with E-state index in [0.717, 1.165) is 51.4 Å². The number of unbranched alkanes of at least 4 members (excludes halogenated alkanes) is 7. The van der Waals surface area contributed by atoms with E-state index < -0.39 is 42.3 Å². The number of alkyl carbamates (subject to hydrolysis) is 1. The van der Waals surface area contributed by atoms with E-state index in [4.69, 9.17) is 9.47 Å². The number of aliphatic hydroxyl groups excluding tert-OH is 2. The summed E-state index contributed by atoms with van der Waals surface area (Å²) in [7, 11) is 0. The molecule has 1 aliphatic rings. The van der Waals surface area contributed by atoms with Crippen LogP contribution in [0.5, 0.6) is 5.75 Å². The molecule has 0 aromatic heterocycles. The highest BCUT2D eigenvalue weighted by molar-refractivity contribution is 5.68. The lowest BCUT2D eigenvalue weighted by Crippen LogP contribution is -2.47. The Morgan fingerprint density at radius 1 is 1.03 bits per heavy atom. The smallest absolute Gasteiger partial charge is 0.442 e. The molecule has 0 saturated heterocycles. The minimum absolute atomic E-state index is 0.00595. The van der Waals surface area contributed by atoms with Gasteiger partial charge in [-0.15, -0.1) is 10.2 Å².